The molecule has 1 aromatic carbocycles. The summed E-state index contributed by atoms with van der Waals surface area (Å²) in [5, 5.41) is 16.4. The van der Waals surface area contributed by atoms with Gasteiger partial charge in [0, 0.05) is 28.9 Å². The minimum Gasteiger partial charge on any atom is -0.481 e. The van der Waals surface area contributed by atoms with Gasteiger partial charge in [-0.3, -0.25) is 19.1 Å². The molecule has 0 spiro atoms. The van der Waals surface area contributed by atoms with Gasteiger partial charge in [0.15, 0.2) is 12.4 Å². The van der Waals surface area contributed by atoms with E-state index >= 15 is 0 Å². The van der Waals surface area contributed by atoms with E-state index in [0.717, 1.165) is 0 Å². The molecule has 2 unspecified atom stereocenters. The van der Waals surface area contributed by atoms with E-state index in [1.807, 2.05) is 0 Å². The van der Waals surface area contributed by atoms with Gasteiger partial charge < -0.3 is 15.4 Å². The van der Waals surface area contributed by atoms with E-state index in [1.165, 1.54) is 12.1 Å². The summed E-state index contributed by atoms with van der Waals surface area (Å²) in [5.74, 6) is -0.0516. The molecule has 0 saturated heterocycles. The smallest absolute Gasteiger partial charge is 0.296 e. The summed E-state index contributed by atoms with van der Waals surface area (Å²) in [4.78, 5) is 21.9. The lowest BCUT2D eigenvalue weighted by molar-refractivity contribution is -0.384. The molecule has 0 aliphatic carbocycles. The Balaban J connectivity index is 2.30. The SMILES string of the molecule is CC(CNc1cc2c(cc1[N+](=O)[O-])OCC(=O)N2)S(C)=O. The number of hydrogen-bond acceptors (Lipinski definition) is 6. The molecule has 114 valence electrons. The van der Waals surface area contributed by atoms with Crippen molar-refractivity contribution >= 4 is 33.8 Å². The van der Waals surface area contributed by atoms with Crippen LogP contribution in [0.5, 0.6) is 5.75 Å². The van der Waals surface area contributed by atoms with Gasteiger partial charge in [-0.2, -0.15) is 0 Å². The first-order valence-corrected chi connectivity index (χ1v) is 7.81. The van der Waals surface area contributed by atoms with E-state index in [9.17, 15) is 19.1 Å². The number of nitro groups is 1. The topological polar surface area (TPSA) is 111 Å². The molecule has 1 heterocycles. The van der Waals surface area contributed by atoms with Crippen LogP contribution in [0, 0.1) is 10.1 Å². The Morgan fingerprint density at radius 3 is 2.90 bits per heavy atom. The van der Waals surface area contributed by atoms with Crippen molar-refractivity contribution in [1.82, 2.24) is 0 Å². The van der Waals surface area contributed by atoms with Crippen molar-refractivity contribution in [1.29, 1.82) is 0 Å². The highest BCUT2D eigenvalue weighted by Crippen LogP contribution is 2.37. The van der Waals surface area contributed by atoms with Crippen LogP contribution in [-0.4, -0.2) is 39.7 Å². The Bertz CT molecular complexity index is 619. The number of hydrogen-bond donors (Lipinski definition) is 2. The third kappa shape index (κ3) is 3.48. The van der Waals surface area contributed by atoms with Crippen molar-refractivity contribution in [2.75, 3.05) is 30.0 Å². The minimum atomic E-state index is -1.04. The zero-order valence-corrected chi connectivity index (χ0v) is 12.4. The maximum atomic E-state index is 11.3. The van der Waals surface area contributed by atoms with Crippen LogP contribution in [0.3, 0.4) is 0 Å². The molecule has 0 aromatic heterocycles. The molecule has 2 rings (SSSR count). The molecule has 21 heavy (non-hydrogen) atoms. The van der Waals surface area contributed by atoms with E-state index in [-0.39, 0.29) is 34.9 Å². The first-order chi connectivity index (χ1) is 9.88. The zero-order chi connectivity index (χ0) is 15.6. The third-order valence-electron chi connectivity index (χ3n) is 3.07. The Morgan fingerprint density at radius 2 is 2.29 bits per heavy atom. The van der Waals surface area contributed by atoms with Crippen LogP contribution < -0.4 is 15.4 Å². The van der Waals surface area contributed by atoms with Gasteiger partial charge in [0.05, 0.1) is 16.7 Å². The second-order valence-corrected chi connectivity index (χ2v) is 6.45. The van der Waals surface area contributed by atoms with Crippen LogP contribution in [-0.2, 0) is 15.6 Å². The average molecular weight is 313 g/mol. The number of nitrogens with one attached hydrogen (secondary N) is 2. The summed E-state index contributed by atoms with van der Waals surface area (Å²) >= 11 is 0. The van der Waals surface area contributed by atoms with Crippen molar-refractivity contribution in [3.05, 3.63) is 22.2 Å². The zero-order valence-electron chi connectivity index (χ0n) is 11.5. The fraction of sp³-hybridized carbons (Fsp3) is 0.417. The lowest BCUT2D eigenvalue weighted by Crippen LogP contribution is -2.26. The van der Waals surface area contributed by atoms with Gasteiger partial charge >= 0.3 is 0 Å². The number of rotatable bonds is 5. The number of anilines is 2. The normalized spacial score (nSPS) is 16.2. The molecular weight excluding hydrogens is 298 g/mol. The molecule has 2 atom stereocenters. The lowest BCUT2D eigenvalue weighted by Gasteiger charge is -2.19. The van der Waals surface area contributed by atoms with E-state index in [4.69, 9.17) is 4.74 Å². The van der Waals surface area contributed by atoms with Gasteiger partial charge in [-0.1, -0.05) is 0 Å². The average Bonchev–Trinajstić information content (AvgIpc) is 2.43. The number of nitrogens with zero attached hydrogens (tertiary/aromatic N) is 1. The molecular formula is C12H15N3O5S. The van der Waals surface area contributed by atoms with Crippen LogP contribution >= 0.6 is 0 Å². The summed E-state index contributed by atoms with van der Waals surface area (Å²) in [7, 11) is -1.04. The molecule has 0 bridgehead atoms. The highest BCUT2D eigenvalue weighted by Gasteiger charge is 2.24. The van der Waals surface area contributed by atoms with Gasteiger partial charge in [0.1, 0.15) is 5.69 Å². The van der Waals surface area contributed by atoms with E-state index < -0.39 is 15.7 Å². The van der Waals surface area contributed by atoms with Crippen LogP contribution in [0.15, 0.2) is 12.1 Å². The van der Waals surface area contributed by atoms with Crippen LogP contribution in [0.1, 0.15) is 6.92 Å². The Kier molecular flexibility index (Phi) is 4.41. The van der Waals surface area contributed by atoms with Crippen LogP contribution in [0.25, 0.3) is 0 Å². The predicted molar refractivity (Wildman–Crippen MR) is 79.2 cm³/mol. The van der Waals surface area contributed by atoms with Gasteiger partial charge in [0.2, 0.25) is 0 Å². The van der Waals surface area contributed by atoms with Crippen molar-refractivity contribution < 1.29 is 18.7 Å². The highest BCUT2D eigenvalue weighted by molar-refractivity contribution is 7.84. The van der Waals surface area contributed by atoms with Crippen molar-refractivity contribution in [3.63, 3.8) is 0 Å². The first-order valence-electron chi connectivity index (χ1n) is 6.19. The monoisotopic (exact) mass is 313 g/mol. The van der Waals surface area contributed by atoms with Gasteiger partial charge in [-0.05, 0) is 13.0 Å². The summed E-state index contributed by atoms with van der Waals surface area (Å²) in [6, 6.07) is 2.72. The minimum absolute atomic E-state index is 0.154. The number of fused-ring (bicyclic) bond motifs is 1. The number of amides is 1. The summed E-state index contributed by atoms with van der Waals surface area (Å²) < 4.78 is 16.5. The molecule has 1 aliphatic rings. The van der Waals surface area contributed by atoms with Gasteiger partial charge in [-0.15, -0.1) is 0 Å². The van der Waals surface area contributed by atoms with Gasteiger partial charge in [0.25, 0.3) is 11.6 Å². The summed E-state index contributed by atoms with van der Waals surface area (Å²) in [5.41, 5.74) is 0.477. The Hall–Kier alpha value is -2.16. The number of nitro benzene ring substituents is 1. The quantitative estimate of drug-likeness (QED) is 0.622. The second kappa shape index (κ2) is 6.08. The number of ether oxygens (including phenoxy) is 1. The van der Waals surface area contributed by atoms with Crippen LogP contribution in [0.4, 0.5) is 17.1 Å². The molecule has 0 saturated carbocycles. The number of carbonyl (C=O) groups is 1. The van der Waals surface area contributed by atoms with E-state index in [1.54, 1.807) is 13.2 Å². The maximum Gasteiger partial charge on any atom is 0.296 e. The number of benzene rings is 1. The fourth-order valence-corrected chi connectivity index (χ4v) is 2.10. The lowest BCUT2D eigenvalue weighted by atomic mass is 10.2. The van der Waals surface area contributed by atoms with Crippen molar-refractivity contribution in [2.24, 2.45) is 0 Å². The molecule has 8 nitrogen and oxygen atoms in total. The van der Waals surface area contributed by atoms with Crippen LogP contribution in [0.2, 0.25) is 0 Å². The Labute approximate surface area is 123 Å². The largest absolute Gasteiger partial charge is 0.481 e. The Morgan fingerprint density at radius 1 is 1.57 bits per heavy atom. The second-order valence-electron chi connectivity index (χ2n) is 4.65. The standard InChI is InChI=1S/C12H15N3O5S/c1-7(21(2)19)5-13-8-3-9-11(4-10(8)15(17)18)20-6-12(16)14-9/h3-4,7,13H,5-6H2,1-2H3,(H,14,16). The molecule has 0 radical (unpaired) electrons. The maximum absolute atomic E-state index is 11.3. The van der Waals surface area contributed by atoms with E-state index in [0.29, 0.717) is 12.2 Å². The fourth-order valence-electron chi connectivity index (χ4n) is 1.78. The van der Waals surface area contributed by atoms with Crippen molar-refractivity contribution in [2.45, 2.75) is 12.2 Å². The molecule has 1 amide bonds. The van der Waals surface area contributed by atoms with Crippen molar-refractivity contribution in [3.8, 4) is 5.75 Å². The number of carbonyl (C=O) groups excluding carboxylic acids is 1. The predicted octanol–water partition coefficient (Wildman–Crippen LogP) is 1.10. The third-order valence-corrected chi connectivity index (χ3v) is 4.37. The molecule has 9 heteroatoms. The first kappa shape index (κ1) is 15.2. The van der Waals surface area contributed by atoms with E-state index in [2.05, 4.69) is 10.6 Å². The van der Waals surface area contributed by atoms with Gasteiger partial charge in [-0.25, -0.2) is 0 Å². The molecule has 1 aromatic rings. The molecule has 1 aliphatic heterocycles. The summed E-state index contributed by atoms with van der Waals surface area (Å²) in [6.07, 6.45) is 1.57. The molecule has 0 fully saturated rings. The highest BCUT2D eigenvalue weighted by atomic mass is 32.2. The molecule has 2 N–H and O–H groups in total. The summed E-state index contributed by atoms with van der Waals surface area (Å²) in [6.45, 7) is 1.93.